The molecule has 62 heavy (non-hydrogen) atoms. The monoisotopic (exact) mass is 800 g/mol. The van der Waals surface area contributed by atoms with Crippen molar-refractivity contribution in [3.05, 3.63) is 181 Å². The molecule has 8 aromatic carbocycles. The molecule has 12 rings (SSSR count). The highest BCUT2D eigenvalue weighted by Crippen LogP contribution is 2.49. The Hall–Kier alpha value is -7.37. The van der Waals surface area contributed by atoms with Gasteiger partial charge in [-0.1, -0.05) is 149 Å². The van der Waals surface area contributed by atoms with Crippen molar-refractivity contribution in [1.82, 2.24) is 19.5 Å². The van der Waals surface area contributed by atoms with Crippen LogP contribution in [0.15, 0.2) is 174 Å². The van der Waals surface area contributed by atoms with Crippen LogP contribution in [0.3, 0.4) is 0 Å². The highest BCUT2D eigenvalue weighted by atomic mass is 16.3. The number of hydrogen-bond acceptors (Lipinski definition) is 4. The lowest BCUT2D eigenvalue weighted by Crippen LogP contribution is -2.33. The second-order valence-electron chi connectivity index (χ2n) is 18.3. The van der Waals surface area contributed by atoms with E-state index in [9.17, 15) is 0 Å². The Labute approximate surface area is 360 Å². The second kappa shape index (κ2) is 13.6. The number of benzene rings is 8. The quantitative estimate of drug-likeness (QED) is 0.174. The Kier molecular flexibility index (Phi) is 7.98. The van der Waals surface area contributed by atoms with E-state index in [1.54, 1.807) is 0 Å². The lowest BCUT2D eigenvalue weighted by atomic mass is 9.63. The molecule has 0 radical (unpaired) electrons. The van der Waals surface area contributed by atoms with Crippen LogP contribution in [0.5, 0.6) is 0 Å². The van der Waals surface area contributed by atoms with Crippen LogP contribution in [0.25, 0.3) is 105 Å². The Morgan fingerprint density at radius 2 is 1.05 bits per heavy atom. The van der Waals surface area contributed by atoms with Crippen LogP contribution in [-0.4, -0.2) is 19.5 Å². The van der Waals surface area contributed by atoms with Gasteiger partial charge in [0.15, 0.2) is 17.5 Å². The van der Waals surface area contributed by atoms with E-state index in [-0.39, 0.29) is 10.8 Å². The molecule has 0 saturated heterocycles. The van der Waals surface area contributed by atoms with Crippen molar-refractivity contribution in [3.8, 4) is 51.0 Å². The van der Waals surface area contributed by atoms with Crippen molar-refractivity contribution in [1.29, 1.82) is 0 Å². The van der Waals surface area contributed by atoms with Gasteiger partial charge >= 0.3 is 0 Å². The molecule has 0 spiro atoms. The fourth-order valence-corrected chi connectivity index (χ4v) is 9.98. The third-order valence-corrected chi connectivity index (χ3v) is 13.5. The number of rotatable bonds is 5. The molecule has 0 bridgehead atoms. The molecule has 0 atom stereocenters. The van der Waals surface area contributed by atoms with Crippen molar-refractivity contribution >= 4 is 54.5 Å². The zero-order valence-corrected chi connectivity index (χ0v) is 35.3. The molecule has 0 amide bonds. The van der Waals surface area contributed by atoms with Crippen molar-refractivity contribution in [2.75, 3.05) is 0 Å². The van der Waals surface area contributed by atoms with Crippen LogP contribution in [0.4, 0.5) is 0 Å². The normalized spacial score (nSPS) is 14.6. The first kappa shape index (κ1) is 36.5. The van der Waals surface area contributed by atoms with E-state index in [1.807, 2.05) is 36.4 Å². The van der Waals surface area contributed by atoms with Crippen LogP contribution >= 0.6 is 0 Å². The minimum atomic E-state index is 0.0982. The van der Waals surface area contributed by atoms with Crippen LogP contribution in [0, 0.1) is 0 Å². The molecular weight excluding hydrogens is 757 g/mol. The van der Waals surface area contributed by atoms with Gasteiger partial charge in [0.05, 0.1) is 11.0 Å². The van der Waals surface area contributed by atoms with Gasteiger partial charge in [0.2, 0.25) is 0 Å². The Balaban J connectivity index is 1.04. The SMILES string of the molecule is CC1(C)CCC(C)(C)c2cc3c(cc21)c1ccccc1n3-c1ccc2ccc(-c3nc(-c4ccc(-c5ccccc5)cc4)nc(-c4cccc5oc6ccccc6c45)n3)cc2c1. The summed E-state index contributed by atoms with van der Waals surface area (Å²) >= 11 is 0. The van der Waals surface area contributed by atoms with E-state index in [0.29, 0.717) is 17.5 Å². The van der Waals surface area contributed by atoms with Gasteiger partial charge in [-0.3, -0.25) is 0 Å². The maximum atomic E-state index is 6.32. The summed E-state index contributed by atoms with van der Waals surface area (Å²) in [4.78, 5) is 15.7. The van der Waals surface area contributed by atoms with Crippen molar-refractivity contribution < 1.29 is 4.42 Å². The zero-order valence-electron chi connectivity index (χ0n) is 35.3. The van der Waals surface area contributed by atoms with Gasteiger partial charge in [0.1, 0.15) is 11.2 Å². The lowest BCUT2D eigenvalue weighted by Gasteiger charge is -2.42. The molecule has 0 unspecified atom stereocenters. The smallest absolute Gasteiger partial charge is 0.164 e. The maximum Gasteiger partial charge on any atom is 0.164 e. The number of aromatic nitrogens is 4. The zero-order chi connectivity index (χ0) is 41.7. The van der Waals surface area contributed by atoms with Gasteiger partial charge in [-0.25, -0.2) is 15.0 Å². The van der Waals surface area contributed by atoms with E-state index in [2.05, 4.69) is 166 Å². The largest absolute Gasteiger partial charge is 0.456 e. The Bertz CT molecular complexity index is 3570. The molecule has 5 nitrogen and oxygen atoms in total. The van der Waals surface area contributed by atoms with Crippen LogP contribution in [-0.2, 0) is 10.8 Å². The molecule has 1 aliphatic carbocycles. The standard InChI is InChI=1S/C57H44N4O/c1-56(2)29-30-57(3,4)47-34-49-45(33-46(47)56)42-15-8-10-18-48(42)61(49)41-28-27-37-23-26-39(31-40(37)32-41)54-58-53(38-24-21-36(22-25-38)35-13-6-5-7-14-35)59-55(60-54)44-17-12-20-51-52(44)43-16-9-11-19-50(43)62-51/h5-28,31-34H,29-30H2,1-4H3. The first-order valence-corrected chi connectivity index (χ1v) is 21.6. The summed E-state index contributed by atoms with van der Waals surface area (Å²) < 4.78 is 8.78. The third kappa shape index (κ3) is 5.79. The summed E-state index contributed by atoms with van der Waals surface area (Å²) in [6, 6.07) is 60.4. The molecule has 0 N–H and O–H groups in total. The number of nitrogens with zero attached hydrogens (tertiary/aromatic N) is 4. The topological polar surface area (TPSA) is 56.7 Å². The highest BCUT2D eigenvalue weighted by Gasteiger charge is 2.38. The van der Waals surface area contributed by atoms with Crippen molar-refractivity contribution in [3.63, 3.8) is 0 Å². The summed E-state index contributed by atoms with van der Waals surface area (Å²) in [5.74, 6) is 1.83. The maximum absolute atomic E-state index is 6.32. The lowest BCUT2D eigenvalue weighted by molar-refractivity contribution is 0.332. The Morgan fingerprint density at radius 3 is 1.85 bits per heavy atom. The predicted octanol–water partition coefficient (Wildman–Crippen LogP) is 15.0. The second-order valence-corrected chi connectivity index (χ2v) is 18.3. The van der Waals surface area contributed by atoms with Gasteiger partial charge in [-0.15, -0.1) is 0 Å². The molecule has 298 valence electrons. The number of fused-ring (bicyclic) bond motifs is 8. The summed E-state index contributed by atoms with van der Waals surface area (Å²) in [5, 5.41) is 6.88. The van der Waals surface area contributed by atoms with E-state index in [4.69, 9.17) is 19.4 Å². The summed E-state index contributed by atoms with van der Waals surface area (Å²) in [6.07, 6.45) is 2.36. The predicted molar refractivity (Wildman–Crippen MR) is 256 cm³/mol. The average molecular weight is 801 g/mol. The Morgan fingerprint density at radius 1 is 0.435 bits per heavy atom. The fourth-order valence-electron chi connectivity index (χ4n) is 9.98. The molecule has 3 aromatic heterocycles. The van der Waals surface area contributed by atoms with Gasteiger partial charge in [-0.05, 0) is 105 Å². The minimum absolute atomic E-state index is 0.0982. The van der Waals surface area contributed by atoms with Crippen LogP contribution in [0.2, 0.25) is 0 Å². The molecular formula is C57H44N4O. The van der Waals surface area contributed by atoms with Crippen molar-refractivity contribution in [2.24, 2.45) is 0 Å². The minimum Gasteiger partial charge on any atom is -0.456 e. The molecule has 0 saturated carbocycles. The third-order valence-electron chi connectivity index (χ3n) is 13.5. The summed E-state index contributed by atoms with van der Waals surface area (Å²) in [6.45, 7) is 9.64. The van der Waals surface area contributed by atoms with Gasteiger partial charge < -0.3 is 8.98 Å². The van der Waals surface area contributed by atoms with E-state index in [0.717, 1.165) is 66.2 Å². The van der Waals surface area contributed by atoms with Gasteiger partial charge in [-0.2, -0.15) is 0 Å². The molecule has 5 heteroatoms. The highest BCUT2D eigenvalue weighted by molar-refractivity contribution is 6.12. The van der Waals surface area contributed by atoms with Crippen LogP contribution in [0.1, 0.15) is 51.7 Å². The van der Waals surface area contributed by atoms with Gasteiger partial charge in [0.25, 0.3) is 0 Å². The average Bonchev–Trinajstić information content (AvgIpc) is 3.86. The number of para-hydroxylation sites is 2. The van der Waals surface area contributed by atoms with Crippen LogP contribution < -0.4 is 0 Å². The first-order chi connectivity index (χ1) is 30.2. The van der Waals surface area contributed by atoms with Crippen molar-refractivity contribution in [2.45, 2.75) is 51.4 Å². The molecule has 11 aromatic rings. The van der Waals surface area contributed by atoms with E-state index in [1.165, 1.54) is 45.8 Å². The first-order valence-electron chi connectivity index (χ1n) is 21.6. The summed E-state index contributed by atoms with van der Waals surface area (Å²) in [5.41, 5.74) is 13.4. The van der Waals surface area contributed by atoms with Gasteiger partial charge in [0, 0.05) is 43.9 Å². The summed E-state index contributed by atoms with van der Waals surface area (Å²) in [7, 11) is 0. The van der Waals surface area contributed by atoms with E-state index < -0.39 is 0 Å². The molecule has 1 aliphatic rings. The molecule has 0 fully saturated rings. The molecule has 0 aliphatic heterocycles. The molecule has 3 heterocycles. The van der Waals surface area contributed by atoms with E-state index >= 15 is 0 Å². The fraction of sp³-hybridized carbons (Fsp3) is 0.140. The number of hydrogen-bond donors (Lipinski definition) is 0. The number of furan rings is 1.